The van der Waals surface area contributed by atoms with Crippen molar-refractivity contribution >= 4 is 40.2 Å². The Morgan fingerprint density at radius 1 is 1.07 bits per heavy atom. The first kappa shape index (κ1) is 27.2. The van der Waals surface area contributed by atoms with Crippen molar-refractivity contribution < 1.29 is 14.0 Å². The minimum absolute atomic E-state index is 0.0420. The molecule has 0 aliphatic heterocycles. The number of carbonyl (C=O) groups excluding carboxylic acids is 2. The van der Waals surface area contributed by atoms with E-state index in [4.69, 9.17) is 10.8 Å². The Hall–Kier alpha value is -3.97. The molecule has 4 aromatic rings. The van der Waals surface area contributed by atoms with Gasteiger partial charge in [0.25, 0.3) is 5.91 Å². The molecule has 2 amide bonds. The molecule has 0 saturated heterocycles. The standard InChI is InChI=1S/C28H32FN9O2S/c29-21-12-31-8-7-23(21)36-28(40)25-13-32-26-24(34-17-5-6-17)11-19(37-38(25)26)9-16-1-3-18(4-2-16)35-27(39)22(30)10-20-14-41-15-33-20/h7-8,11-18,22,34H,1-6,9-10,30H2,(H,35,39)(H,31,36,40)/t16?,18?,22-/m0/s1. The van der Waals surface area contributed by atoms with E-state index in [1.807, 2.05) is 11.4 Å². The molecule has 11 nitrogen and oxygen atoms in total. The van der Waals surface area contributed by atoms with Crippen LogP contribution < -0.4 is 21.7 Å². The Morgan fingerprint density at radius 2 is 1.88 bits per heavy atom. The highest BCUT2D eigenvalue weighted by Gasteiger charge is 2.27. The molecule has 0 bridgehead atoms. The molecule has 0 spiro atoms. The van der Waals surface area contributed by atoms with Crippen molar-refractivity contribution in [1.82, 2.24) is 29.9 Å². The first-order chi connectivity index (χ1) is 19.9. The van der Waals surface area contributed by atoms with E-state index >= 15 is 0 Å². The van der Waals surface area contributed by atoms with Gasteiger partial charge in [-0.25, -0.2) is 18.9 Å². The molecule has 214 valence electrons. The van der Waals surface area contributed by atoms with Crippen LogP contribution in [0.5, 0.6) is 0 Å². The Bertz CT molecular complexity index is 1530. The third-order valence-electron chi connectivity index (χ3n) is 7.65. The van der Waals surface area contributed by atoms with Crippen molar-refractivity contribution in [3.63, 3.8) is 0 Å². The number of nitrogens with two attached hydrogens (primary N) is 1. The predicted molar refractivity (Wildman–Crippen MR) is 153 cm³/mol. The smallest absolute Gasteiger partial charge is 0.276 e. The Balaban J connectivity index is 1.12. The summed E-state index contributed by atoms with van der Waals surface area (Å²) in [5.41, 5.74) is 11.2. The van der Waals surface area contributed by atoms with E-state index in [2.05, 4.69) is 30.9 Å². The molecule has 41 heavy (non-hydrogen) atoms. The summed E-state index contributed by atoms with van der Waals surface area (Å²) >= 11 is 1.49. The monoisotopic (exact) mass is 577 g/mol. The number of halogens is 1. The van der Waals surface area contributed by atoms with Crippen molar-refractivity contribution in [1.29, 1.82) is 0 Å². The zero-order valence-electron chi connectivity index (χ0n) is 22.4. The molecule has 2 aliphatic rings. The maximum atomic E-state index is 14.1. The lowest BCUT2D eigenvalue weighted by atomic mass is 9.83. The summed E-state index contributed by atoms with van der Waals surface area (Å²) < 4.78 is 15.6. The number of imidazole rings is 1. The van der Waals surface area contributed by atoms with Gasteiger partial charge in [-0.15, -0.1) is 11.3 Å². The minimum atomic E-state index is -0.618. The van der Waals surface area contributed by atoms with Crippen molar-refractivity contribution in [3.8, 4) is 0 Å². The van der Waals surface area contributed by atoms with Crippen molar-refractivity contribution in [2.45, 2.75) is 69.5 Å². The van der Waals surface area contributed by atoms with Gasteiger partial charge in [0, 0.05) is 30.1 Å². The quantitative estimate of drug-likeness (QED) is 0.224. The van der Waals surface area contributed by atoms with Gasteiger partial charge in [-0.2, -0.15) is 5.10 Å². The van der Waals surface area contributed by atoms with E-state index in [9.17, 15) is 14.0 Å². The van der Waals surface area contributed by atoms with E-state index in [0.29, 0.717) is 24.0 Å². The lowest BCUT2D eigenvalue weighted by Gasteiger charge is -2.29. The molecular formula is C28H32FN9O2S. The molecule has 4 aromatic heterocycles. The first-order valence-corrected chi connectivity index (χ1v) is 14.9. The molecule has 4 heterocycles. The van der Waals surface area contributed by atoms with Crippen molar-refractivity contribution in [3.05, 3.63) is 64.5 Å². The number of pyridine rings is 1. The summed E-state index contributed by atoms with van der Waals surface area (Å²) in [7, 11) is 0. The highest BCUT2D eigenvalue weighted by atomic mass is 32.1. The van der Waals surface area contributed by atoms with Crippen LogP contribution in [-0.4, -0.2) is 54.5 Å². The maximum absolute atomic E-state index is 14.1. The second-order valence-corrected chi connectivity index (χ2v) is 11.6. The molecule has 2 fully saturated rings. The molecule has 2 saturated carbocycles. The summed E-state index contributed by atoms with van der Waals surface area (Å²) in [6.07, 6.45) is 10.9. The lowest BCUT2D eigenvalue weighted by molar-refractivity contribution is -0.123. The topological polar surface area (TPSA) is 152 Å². The van der Waals surface area contributed by atoms with Gasteiger partial charge < -0.3 is 21.7 Å². The van der Waals surface area contributed by atoms with E-state index in [0.717, 1.165) is 68.2 Å². The van der Waals surface area contributed by atoms with E-state index in [1.165, 1.54) is 29.8 Å². The SMILES string of the molecule is N[C@@H](Cc1cscn1)C(=O)NC1CCC(Cc2cc(NC3CC3)c3ncc(C(=O)Nc4ccncc4F)n3n2)CC1. The van der Waals surface area contributed by atoms with Crippen LogP contribution >= 0.6 is 11.3 Å². The van der Waals surface area contributed by atoms with Crippen LogP contribution in [-0.2, 0) is 17.6 Å². The fourth-order valence-corrected chi connectivity index (χ4v) is 5.83. The fourth-order valence-electron chi connectivity index (χ4n) is 5.26. The number of anilines is 2. The molecule has 5 N–H and O–H groups in total. The number of amides is 2. The fraction of sp³-hybridized carbons (Fsp3) is 0.429. The minimum Gasteiger partial charge on any atom is -0.379 e. The average Bonchev–Trinajstić information content (AvgIpc) is 3.43. The van der Waals surface area contributed by atoms with Crippen LogP contribution in [0.2, 0.25) is 0 Å². The van der Waals surface area contributed by atoms with E-state index < -0.39 is 17.8 Å². The maximum Gasteiger partial charge on any atom is 0.276 e. The first-order valence-electron chi connectivity index (χ1n) is 13.9. The third kappa shape index (κ3) is 6.51. The number of hydrogen-bond acceptors (Lipinski definition) is 9. The van der Waals surface area contributed by atoms with Gasteiger partial charge in [-0.1, -0.05) is 0 Å². The number of carbonyl (C=O) groups is 2. The van der Waals surface area contributed by atoms with Gasteiger partial charge in [0.2, 0.25) is 5.91 Å². The van der Waals surface area contributed by atoms with Crippen LogP contribution in [0.3, 0.4) is 0 Å². The Morgan fingerprint density at radius 3 is 2.61 bits per heavy atom. The molecule has 2 aliphatic carbocycles. The van der Waals surface area contributed by atoms with Gasteiger partial charge >= 0.3 is 0 Å². The summed E-state index contributed by atoms with van der Waals surface area (Å²) in [6.45, 7) is 0. The van der Waals surface area contributed by atoms with Crippen LogP contribution in [0.15, 0.2) is 41.6 Å². The number of thiazole rings is 1. The Labute approximate surface area is 240 Å². The molecule has 6 rings (SSSR count). The van der Waals surface area contributed by atoms with Gasteiger partial charge in [0.15, 0.2) is 17.2 Å². The molecular weight excluding hydrogens is 545 g/mol. The number of aromatic nitrogens is 5. The normalized spacial score (nSPS) is 19.6. The van der Waals surface area contributed by atoms with Crippen LogP contribution in [0, 0.1) is 11.7 Å². The van der Waals surface area contributed by atoms with Crippen molar-refractivity contribution in [2.24, 2.45) is 11.7 Å². The van der Waals surface area contributed by atoms with Crippen LogP contribution in [0.4, 0.5) is 15.8 Å². The molecule has 13 heteroatoms. The molecule has 0 radical (unpaired) electrons. The molecule has 0 aromatic carbocycles. The largest absolute Gasteiger partial charge is 0.379 e. The zero-order chi connectivity index (χ0) is 28.3. The van der Waals surface area contributed by atoms with Gasteiger partial charge in [-0.05, 0) is 63.0 Å². The Kier molecular flexibility index (Phi) is 7.88. The highest BCUT2D eigenvalue weighted by molar-refractivity contribution is 7.07. The lowest BCUT2D eigenvalue weighted by Crippen LogP contribution is -2.47. The number of nitrogens with one attached hydrogen (secondary N) is 3. The zero-order valence-corrected chi connectivity index (χ0v) is 23.2. The molecule has 0 unspecified atom stereocenters. The number of hydrogen-bond donors (Lipinski definition) is 4. The van der Waals surface area contributed by atoms with Gasteiger partial charge in [0.1, 0.15) is 0 Å². The third-order valence-corrected chi connectivity index (χ3v) is 8.28. The summed E-state index contributed by atoms with van der Waals surface area (Å²) in [5.74, 6) is -0.874. The average molecular weight is 578 g/mol. The summed E-state index contributed by atoms with van der Waals surface area (Å²) in [4.78, 5) is 38.1. The summed E-state index contributed by atoms with van der Waals surface area (Å²) in [5, 5.41) is 15.9. The predicted octanol–water partition coefficient (Wildman–Crippen LogP) is 3.33. The van der Waals surface area contributed by atoms with Gasteiger partial charge in [0.05, 0.1) is 46.7 Å². The number of fused-ring (bicyclic) bond motifs is 1. The van der Waals surface area contributed by atoms with Crippen LogP contribution in [0.1, 0.15) is 60.4 Å². The highest BCUT2D eigenvalue weighted by Crippen LogP contribution is 2.31. The second-order valence-electron chi connectivity index (χ2n) is 10.9. The van der Waals surface area contributed by atoms with E-state index in [1.54, 1.807) is 10.0 Å². The molecule has 1 atom stereocenters. The van der Waals surface area contributed by atoms with Crippen molar-refractivity contribution in [2.75, 3.05) is 10.6 Å². The second kappa shape index (κ2) is 11.9. The number of nitrogens with zero attached hydrogens (tertiary/aromatic N) is 5. The van der Waals surface area contributed by atoms with Crippen LogP contribution in [0.25, 0.3) is 5.65 Å². The summed E-state index contributed by atoms with van der Waals surface area (Å²) in [6, 6.07) is 3.30. The van der Waals surface area contributed by atoms with E-state index in [-0.39, 0.29) is 23.3 Å². The van der Waals surface area contributed by atoms with Gasteiger partial charge in [-0.3, -0.25) is 14.6 Å². The number of rotatable bonds is 10.